The maximum Gasteiger partial charge on any atom is 0.155 e. The van der Waals surface area contributed by atoms with Crippen molar-refractivity contribution in [2.45, 2.75) is 27.2 Å². The maximum absolute atomic E-state index is 10.9. The molecular weight excluding hydrogens is 124 g/mol. The van der Waals surface area contributed by atoms with Gasteiger partial charge in [-0.05, 0) is 30.8 Å². The molecule has 0 saturated heterocycles. The summed E-state index contributed by atoms with van der Waals surface area (Å²) in [5.74, 6) is 1.40. The number of Topliss-reactive ketones (excluding diaryl/α,β-unsaturated/α-hetero) is 1. The first-order valence-corrected chi connectivity index (χ1v) is 3.84. The van der Waals surface area contributed by atoms with E-state index in [0.717, 1.165) is 12.0 Å². The summed E-state index contributed by atoms with van der Waals surface area (Å²) in [5, 5.41) is 0. The first-order chi connectivity index (χ1) is 4.63. The number of hydrogen-bond acceptors (Lipinski definition) is 1. The number of ketones is 1. The molecule has 10 heavy (non-hydrogen) atoms. The molecule has 0 aromatic heterocycles. The number of carbonyl (C=O) groups excluding carboxylic acids is 1. The topological polar surface area (TPSA) is 17.1 Å². The van der Waals surface area contributed by atoms with E-state index < -0.39 is 0 Å². The number of carbonyl (C=O) groups is 1. The summed E-state index contributed by atoms with van der Waals surface area (Å²) in [5.41, 5.74) is 1.03. The van der Waals surface area contributed by atoms with E-state index in [1.165, 1.54) is 0 Å². The molecule has 0 heterocycles. The van der Waals surface area contributed by atoms with Crippen LogP contribution in [0.4, 0.5) is 0 Å². The lowest BCUT2D eigenvalue weighted by molar-refractivity contribution is -0.114. The molecule has 1 aliphatic rings. The van der Waals surface area contributed by atoms with Crippen LogP contribution in [-0.2, 0) is 4.79 Å². The summed E-state index contributed by atoms with van der Waals surface area (Å²) in [6.45, 7) is 5.97. The van der Waals surface area contributed by atoms with Crippen molar-refractivity contribution in [1.82, 2.24) is 0 Å². The van der Waals surface area contributed by atoms with Gasteiger partial charge in [0, 0.05) is 0 Å². The van der Waals surface area contributed by atoms with Gasteiger partial charge >= 0.3 is 0 Å². The summed E-state index contributed by atoms with van der Waals surface area (Å²) in [4.78, 5) is 10.9. The van der Waals surface area contributed by atoms with Crippen molar-refractivity contribution in [2.75, 3.05) is 0 Å². The predicted molar refractivity (Wildman–Crippen MR) is 41.7 cm³/mol. The second kappa shape index (κ2) is 2.57. The molecule has 0 N–H and O–H groups in total. The van der Waals surface area contributed by atoms with Crippen LogP contribution in [0.5, 0.6) is 0 Å². The van der Waals surface area contributed by atoms with E-state index >= 15 is 0 Å². The monoisotopic (exact) mass is 138 g/mol. The van der Waals surface area contributed by atoms with Crippen LogP contribution < -0.4 is 0 Å². The lowest BCUT2D eigenvalue weighted by Crippen LogP contribution is -2.08. The van der Waals surface area contributed by atoms with Gasteiger partial charge in [-0.1, -0.05) is 19.9 Å². The van der Waals surface area contributed by atoms with Crippen molar-refractivity contribution in [2.24, 2.45) is 11.8 Å². The zero-order valence-corrected chi connectivity index (χ0v) is 6.85. The largest absolute Gasteiger partial charge is 0.295 e. The molecule has 0 spiro atoms. The van der Waals surface area contributed by atoms with Gasteiger partial charge in [0.1, 0.15) is 0 Å². The Balaban J connectivity index is 2.72. The summed E-state index contributed by atoms with van der Waals surface area (Å²) >= 11 is 0. The Bertz CT molecular complexity index is 179. The molecule has 1 rings (SSSR count). The van der Waals surface area contributed by atoms with Crippen molar-refractivity contribution < 1.29 is 4.79 Å². The molecular formula is C9H14O. The first-order valence-electron chi connectivity index (χ1n) is 3.84. The highest BCUT2D eigenvalue weighted by atomic mass is 16.1. The summed E-state index contributed by atoms with van der Waals surface area (Å²) in [6.07, 6.45) is 3.16. The smallest absolute Gasteiger partial charge is 0.155 e. The van der Waals surface area contributed by atoms with Gasteiger partial charge in [0.15, 0.2) is 5.78 Å². The molecule has 2 unspecified atom stereocenters. The Morgan fingerprint density at radius 3 is 2.40 bits per heavy atom. The van der Waals surface area contributed by atoms with E-state index in [1.807, 2.05) is 0 Å². The van der Waals surface area contributed by atoms with Crippen LogP contribution in [-0.4, -0.2) is 5.78 Å². The lowest BCUT2D eigenvalue weighted by Gasteiger charge is -2.11. The zero-order valence-electron chi connectivity index (χ0n) is 6.85. The van der Waals surface area contributed by atoms with Gasteiger partial charge in [0.2, 0.25) is 0 Å². The van der Waals surface area contributed by atoms with Crippen LogP contribution in [0.3, 0.4) is 0 Å². The molecule has 2 atom stereocenters. The van der Waals surface area contributed by atoms with E-state index in [2.05, 4.69) is 19.9 Å². The third-order valence-electron chi connectivity index (χ3n) is 2.46. The number of rotatable bonds is 1. The molecule has 0 amide bonds. The van der Waals surface area contributed by atoms with Crippen molar-refractivity contribution in [3.8, 4) is 0 Å². The standard InChI is InChI=1S/C9H14O/c1-6-4-5-9(7(6)2)8(3)10/h5-7H,4H2,1-3H3. The Morgan fingerprint density at radius 1 is 1.60 bits per heavy atom. The Hall–Kier alpha value is -0.590. The molecule has 0 radical (unpaired) electrons. The molecule has 0 aliphatic heterocycles. The Morgan fingerprint density at radius 2 is 2.20 bits per heavy atom. The molecule has 0 saturated carbocycles. The minimum absolute atomic E-state index is 0.247. The van der Waals surface area contributed by atoms with E-state index in [0.29, 0.717) is 11.8 Å². The van der Waals surface area contributed by atoms with E-state index in [-0.39, 0.29) is 5.78 Å². The summed E-state index contributed by atoms with van der Waals surface area (Å²) in [7, 11) is 0. The third kappa shape index (κ3) is 1.13. The minimum atomic E-state index is 0.247. The lowest BCUT2D eigenvalue weighted by atomic mass is 9.93. The first kappa shape index (κ1) is 7.52. The minimum Gasteiger partial charge on any atom is -0.295 e. The van der Waals surface area contributed by atoms with Crippen molar-refractivity contribution >= 4 is 5.78 Å². The molecule has 0 bridgehead atoms. The average Bonchev–Trinajstić information content (AvgIpc) is 2.14. The summed E-state index contributed by atoms with van der Waals surface area (Å²) < 4.78 is 0. The zero-order chi connectivity index (χ0) is 7.72. The highest BCUT2D eigenvalue weighted by molar-refractivity contribution is 5.94. The number of hydrogen-bond donors (Lipinski definition) is 0. The predicted octanol–water partition coefficient (Wildman–Crippen LogP) is 2.18. The van der Waals surface area contributed by atoms with Crippen molar-refractivity contribution in [3.63, 3.8) is 0 Å². The fourth-order valence-corrected chi connectivity index (χ4v) is 1.47. The maximum atomic E-state index is 10.9. The fraction of sp³-hybridized carbons (Fsp3) is 0.667. The van der Waals surface area contributed by atoms with Gasteiger partial charge < -0.3 is 0 Å². The van der Waals surface area contributed by atoms with Gasteiger partial charge in [-0.2, -0.15) is 0 Å². The highest BCUT2D eigenvalue weighted by Crippen LogP contribution is 2.31. The normalized spacial score (nSPS) is 32.1. The SMILES string of the molecule is CC(=O)C1=CCC(C)C1C. The molecule has 0 aromatic carbocycles. The van der Waals surface area contributed by atoms with Gasteiger partial charge in [-0.15, -0.1) is 0 Å². The van der Waals surface area contributed by atoms with Crippen LogP contribution in [0, 0.1) is 11.8 Å². The molecule has 1 nitrogen and oxygen atoms in total. The van der Waals surface area contributed by atoms with E-state index in [4.69, 9.17) is 0 Å². The second-order valence-corrected chi connectivity index (χ2v) is 3.22. The van der Waals surface area contributed by atoms with E-state index in [9.17, 15) is 4.79 Å². The van der Waals surface area contributed by atoms with E-state index in [1.54, 1.807) is 6.92 Å². The average molecular weight is 138 g/mol. The molecule has 0 fully saturated rings. The van der Waals surface area contributed by atoms with Gasteiger partial charge in [0.05, 0.1) is 0 Å². The van der Waals surface area contributed by atoms with Crippen LogP contribution in [0.15, 0.2) is 11.6 Å². The number of allylic oxidation sites excluding steroid dienone is 2. The Kier molecular flexibility index (Phi) is 1.93. The molecule has 56 valence electrons. The van der Waals surface area contributed by atoms with Crippen LogP contribution >= 0.6 is 0 Å². The third-order valence-corrected chi connectivity index (χ3v) is 2.46. The molecule has 1 aliphatic carbocycles. The van der Waals surface area contributed by atoms with Crippen molar-refractivity contribution in [1.29, 1.82) is 0 Å². The van der Waals surface area contributed by atoms with Crippen LogP contribution in [0.25, 0.3) is 0 Å². The van der Waals surface area contributed by atoms with Gasteiger partial charge in [-0.3, -0.25) is 4.79 Å². The Labute approximate surface area is 62.1 Å². The fourth-order valence-electron chi connectivity index (χ4n) is 1.47. The summed E-state index contributed by atoms with van der Waals surface area (Å²) in [6, 6.07) is 0. The molecule has 1 heteroatoms. The van der Waals surface area contributed by atoms with Gasteiger partial charge in [0.25, 0.3) is 0 Å². The van der Waals surface area contributed by atoms with Crippen molar-refractivity contribution in [3.05, 3.63) is 11.6 Å². The van der Waals surface area contributed by atoms with Crippen LogP contribution in [0.2, 0.25) is 0 Å². The quantitative estimate of drug-likeness (QED) is 0.542. The van der Waals surface area contributed by atoms with Crippen LogP contribution in [0.1, 0.15) is 27.2 Å². The highest BCUT2D eigenvalue weighted by Gasteiger charge is 2.24. The second-order valence-electron chi connectivity index (χ2n) is 3.22. The molecule has 0 aromatic rings. The van der Waals surface area contributed by atoms with Gasteiger partial charge in [-0.25, -0.2) is 0 Å².